The van der Waals surface area contributed by atoms with E-state index >= 15 is 0 Å². The second-order valence-electron chi connectivity index (χ2n) is 7.50. The lowest BCUT2D eigenvalue weighted by atomic mass is 10.1. The summed E-state index contributed by atoms with van der Waals surface area (Å²) in [7, 11) is 0. The Morgan fingerprint density at radius 3 is 2.91 bits per heavy atom. The lowest BCUT2D eigenvalue weighted by Gasteiger charge is -2.48. The molecule has 11 nitrogen and oxygen atoms in total. The number of allylic oxidation sites excluding steroid dienone is 2. The van der Waals surface area contributed by atoms with E-state index in [0.717, 1.165) is 30.6 Å². The standard InChI is InChI=1S/C20H21N5O6S2/c1-10-12(19(29)30)7-25-17(28)15(18(25)33-10)23-16(27)14(13-8-32-20(22-13)21-9-26)24-31-11-5-3-2-4-6-11/h5,7-10,15,18H,2-4,6H2,1H3,(H,23,27)(H,29,30)(H,21,22,26)/t10?,15?,18-/m1/s1. The van der Waals surface area contributed by atoms with Crippen LogP contribution in [-0.4, -0.2) is 61.6 Å². The number of rotatable bonds is 8. The number of carboxylic acid groups (broad SMARTS) is 1. The summed E-state index contributed by atoms with van der Waals surface area (Å²) < 4.78 is 0. The topological polar surface area (TPSA) is 150 Å². The number of aromatic nitrogens is 1. The average molecular weight is 492 g/mol. The number of amides is 3. The van der Waals surface area contributed by atoms with Crippen molar-refractivity contribution in [2.45, 2.75) is 49.3 Å². The normalized spacial score (nSPS) is 24.6. The van der Waals surface area contributed by atoms with Gasteiger partial charge in [0.15, 0.2) is 10.8 Å². The molecule has 0 bridgehead atoms. The van der Waals surface area contributed by atoms with Crippen LogP contribution < -0.4 is 10.6 Å². The Labute approximate surface area is 196 Å². The summed E-state index contributed by atoms with van der Waals surface area (Å²) in [5.41, 5.74) is 0.196. The first-order chi connectivity index (χ1) is 15.9. The quantitative estimate of drug-likeness (QED) is 0.215. The third-order valence-electron chi connectivity index (χ3n) is 5.32. The number of carboxylic acids is 1. The second-order valence-corrected chi connectivity index (χ2v) is 9.82. The SMILES string of the molecule is CC1S[C@@H]2C(NC(=O)C(=NOC3=CCCCC3)c3csc(NC=O)n3)C(=O)N2C=C1C(=O)O. The molecule has 3 atom stereocenters. The molecular formula is C20H21N5O6S2. The van der Waals surface area contributed by atoms with Crippen molar-refractivity contribution < 1.29 is 29.1 Å². The third kappa shape index (κ3) is 4.78. The summed E-state index contributed by atoms with van der Waals surface area (Å²) >= 11 is 2.39. The Bertz CT molecular complexity index is 1080. The lowest BCUT2D eigenvalue weighted by Crippen LogP contribution is -2.69. The fourth-order valence-corrected chi connectivity index (χ4v) is 5.60. The van der Waals surface area contributed by atoms with Crippen LogP contribution in [0.3, 0.4) is 0 Å². The van der Waals surface area contributed by atoms with Gasteiger partial charge in [-0.25, -0.2) is 9.78 Å². The van der Waals surface area contributed by atoms with E-state index in [0.29, 0.717) is 18.6 Å². The molecule has 2 aliphatic heterocycles. The molecule has 1 aliphatic carbocycles. The van der Waals surface area contributed by atoms with Gasteiger partial charge in [-0.1, -0.05) is 5.16 Å². The van der Waals surface area contributed by atoms with Crippen molar-refractivity contribution in [3.63, 3.8) is 0 Å². The van der Waals surface area contributed by atoms with Gasteiger partial charge in [0, 0.05) is 23.3 Å². The van der Waals surface area contributed by atoms with Crippen LogP contribution in [0.1, 0.15) is 38.3 Å². The van der Waals surface area contributed by atoms with E-state index in [4.69, 9.17) is 4.84 Å². The van der Waals surface area contributed by atoms with Crippen LogP contribution in [0, 0.1) is 0 Å². The molecule has 174 valence electrons. The molecule has 0 saturated carbocycles. The molecule has 3 N–H and O–H groups in total. The number of nitrogens with zero attached hydrogens (tertiary/aromatic N) is 3. The number of hydrogen-bond donors (Lipinski definition) is 3. The number of oxime groups is 1. The largest absolute Gasteiger partial charge is 0.478 e. The minimum Gasteiger partial charge on any atom is -0.478 e. The summed E-state index contributed by atoms with van der Waals surface area (Å²) in [5.74, 6) is -1.50. The Hall–Kier alpha value is -3.19. The maximum atomic E-state index is 13.1. The van der Waals surface area contributed by atoms with E-state index in [1.807, 2.05) is 6.08 Å². The lowest BCUT2D eigenvalue weighted by molar-refractivity contribution is -0.144. The first-order valence-corrected chi connectivity index (χ1v) is 12.0. The summed E-state index contributed by atoms with van der Waals surface area (Å²) in [5, 5.41) is 19.5. The first-order valence-electron chi connectivity index (χ1n) is 10.2. The number of fused-ring (bicyclic) bond motifs is 1. The molecule has 3 aliphatic rings. The van der Waals surface area contributed by atoms with Gasteiger partial charge in [-0.05, 0) is 32.3 Å². The number of thiazole rings is 1. The van der Waals surface area contributed by atoms with E-state index in [-0.39, 0.29) is 27.4 Å². The molecule has 1 aromatic heterocycles. The number of thioether (sulfide) groups is 1. The van der Waals surface area contributed by atoms with Crippen LogP contribution in [0.4, 0.5) is 5.13 Å². The molecule has 4 rings (SSSR count). The van der Waals surface area contributed by atoms with Gasteiger partial charge < -0.3 is 25.5 Å². The van der Waals surface area contributed by atoms with Crippen molar-refractivity contribution in [2.75, 3.05) is 5.32 Å². The summed E-state index contributed by atoms with van der Waals surface area (Å²) in [6.45, 7) is 1.74. The van der Waals surface area contributed by atoms with Crippen molar-refractivity contribution in [1.29, 1.82) is 0 Å². The highest BCUT2D eigenvalue weighted by atomic mass is 32.2. The Kier molecular flexibility index (Phi) is 6.79. The Balaban J connectivity index is 1.53. The molecule has 0 aromatic carbocycles. The van der Waals surface area contributed by atoms with Gasteiger partial charge in [0.25, 0.3) is 11.8 Å². The maximum absolute atomic E-state index is 13.1. The van der Waals surface area contributed by atoms with Crippen molar-refractivity contribution in [3.05, 3.63) is 34.7 Å². The molecule has 1 saturated heterocycles. The highest BCUT2D eigenvalue weighted by Crippen LogP contribution is 2.40. The van der Waals surface area contributed by atoms with Crippen molar-refractivity contribution >= 4 is 58.1 Å². The van der Waals surface area contributed by atoms with Crippen LogP contribution in [0.2, 0.25) is 0 Å². The molecular weight excluding hydrogens is 470 g/mol. The van der Waals surface area contributed by atoms with Gasteiger partial charge in [-0.15, -0.1) is 23.1 Å². The number of carbonyl (C=O) groups excluding carboxylic acids is 3. The Morgan fingerprint density at radius 1 is 1.39 bits per heavy atom. The number of hydrogen-bond acceptors (Lipinski definition) is 9. The van der Waals surface area contributed by atoms with Crippen molar-refractivity contribution in [2.24, 2.45) is 5.16 Å². The highest BCUT2D eigenvalue weighted by Gasteiger charge is 2.52. The number of carbonyl (C=O) groups is 4. The van der Waals surface area contributed by atoms with E-state index in [9.17, 15) is 24.3 Å². The maximum Gasteiger partial charge on any atom is 0.334 e. The average Bonchev–Trinajstić information content (AvgIpc) is 3.26. The van der Waals surface area contributed by atoms with Gasteiger partial charge in [-0.3, -0.25) is 14.4 Å². The number of anilines is 1. The van der Waals surface area contributed by atoms with Gasteiger partial charge in [0.05, 0.1) is 5.57 Å². The van der Waals surface area contributed by atoms with Gasteiger partial charge in [0.2, 0.25) is 6.41 Å². The summed E-state index contributed by atoms with van der Waals surface area (Å²) in [6, 6.07) is -0.846. The smallest absolute Gasteiger partial charge is 0.334 e. The third-order valence-corrected chi connectivity index (χ3v) is 7.53. The molecule has 1 fully saturated rings. The zero-order valence-corrected chi connectivity index (χ0v) is 19.1. The molecule has 0 radical (unpaired) electrons. The van der Waals surface area contributed by atoms with Gasteiger partial charge in [-0.2, -0.15) is 0 Å². The zero-order chi connectivity index (χ0) is 23.5. The van der Waals surface area contributed by atoms with Crippen LogP contribution in [-0.2, 0) is 24.0 Å². The minimum absolute atomic E-state index is 0.126. The number of aliphatic carboxylic acids is 1. The fourth-order valence-electron chi connectivity index (χ4n) is 3.58. The molecule has 1 aromatic rings. The summed E-state index contributed by atoms with van der Waals surface area (Å²) in [4.78, 5) is 58.7. The Morgan fingerprint density at radius 2 is 2.21 bits per heavy atom. The summed E-state index contributed by atoms with van der Waals surface area (Å²) in [6.07, 6.45) is 7.32. The highest BCUT2D eigenvalue weighted by molar-refractivity contribution is 8.00. The van der Waals surface area contributed by atoms with Crippen LogP contribution in [0.15, 0.2) is 34.1 Å². The zero-order valence-electron chi connectivity index (χ0n) is 17.5. The number of nitrogens with one attached hydrogen (secondary N) is 2. The minimum atomic E-state index is -1.08. The van der Waals surface area contributed by atoms with Crippen LogP contribution >= 0.6 is 23.1 Å². The molecule has 33 heavy (non-hydrogen) atoms. The predicted molar refractivity (Wildman–Crippen MR) is 121 cm³/mol. The monoisotopic (exact) mass is 491 g/mol. The van der Waals surface area contributed by atoms with Gasteiger partial charge in [0.1, 0.15) is 22.9 Å². The van der Waals surface area contributed by atoms with E-state index < -0.39 is 29.2 Å². The second kappa shape index (κ2) is 9.75. The van der Waals surface area contributed by atoms with Crippen LogP contribution in [0.25, 0.3) is 0 Å². The van der Waals surface area contributed by atoms with Crippen molar-refractivity contribution in [3.8, 4) is 0 Å². The van der Waals surface area contributed by atoms with Crippen molar-refractivity contribution in [1.82, 2.24) is 15.2 Å². The molecule has 3 heterocycles. The molecule has 13 heteroatoms. The van der Waals surface area contributed by atoms with Crippen LogP contribution in [0.5, 0.6) is 0 Å². The van der Waals surface area contributed by atoms with Gasteiger partial charge >= 0.3 is 5.97 Å². The fraction of sp³-hybridized carbons (Fsp3) is 0.400. The van der Waals surface area contributed by atoms with E-state index in [1.165, 1.54) is 22.9 Å². The van der Waals surface area contributed by atoms with E-state index in [2.05, 4.69) is 20.8 Å². The predicted octanol–water partition coefficient (Wildman–Crippen LogP) is 1.65. The number of β-lactam (4-membered cyclic amide) rings is 1. The van der Waals surface area contributed by atoms with E-state index in [1.54, 1.807) is 12.3 Å². The molecule has 2 unspecified atom stereocenters. The molecule has 3 amide bonds. The molecule has 0 spiro atoms. The first kappa shape index (κ1) is 23.0.